The number of pyridine rings is 1. The fourth-order valence-electron chi connectivity index (χ4n) is 3.18. The van der Waals surface area contributed by atoms with Gasteiger partial charge in [0.25, 0.3) is 0 Å². The van der Waals surface area contributed by atoms with E-state index in [1.165, 1.54) is 17.2 Å². The molecule has 3 rings (SSSR count). The summed E-state index contributed by atoms with van der Waals surface area (Å²) in [6.07, 6.45) is 2.11. The van der Waals surface area contributed by atoms with E-state index in [4.69, 9.17) is 0 Å². The van der Waals surface area contributed by atoms with Crippen LogP contribution in [0, 0.1) is 11.8 Å². The number of nitrogens with zero attached hydrogens (tertiary/aromatic N) is 2. The van der Waals surface area contributed by atoms with E-state index < -0.39 is 11.8 Å². The van der Waals surface area contributed by atoms with Crippen molar-refractivity contribution >= 4 is 17.4 Å². The molecule has 0 saturated heterocycles. The zero-order valence-corrected chi connectivity index (χ0v) is 16.9. The summed E-state index contributed by atoms with van der Waals surface area (Å²) in [4.78, 5) is 29.1. The van der Waals surface area contributed by atoms with E-state index in [0.29, 0.717) is 23.1 Å². The van der Waals surface area contributed by atoms with E-state index in [9.17, 15) is 18.4 Å². The van der Waals surface area contributed by atoms with Crippen molar-refractivity contribution in [2.24, 2.45) is 0 Å². The van der Waals surface area contributed by atoms with Crippen LogP contribution in [0.1, 0.15) is 35.7 Å². The summed E-state index contributed by atoms with van der Waals surface area (Å²) >= 11 is 0. The van der Waals surface area contributed by atoms with Gasteiger partial charge in [-0.05, 0) is 35.7 Å². The molecule has 0 bridgehead atoms. The van der Waals surface area contributed by atoms with Gasteiger partial charge >= 0.3 is 0 Å². The Morgan fingerprint density at radius 1 is 1.00 bits per heavy atom. The van der Waals surface area contributed by atoms with Gasteiger partial charge in [0.2, 0.25) is 11.9 Å². The third-order valence-electron chi connectivity index (χ3n) is 4.98. The molecule has 0 spiro atoms. The Bertz CT molecular complexity index is 1070. The molecule has 6 heteroatoms. The summed E-state index contributed by atoms with van der Waals surface area (Å²) in [5, 5.41) is 0. The first-order valence-electron chi connectivity index (χ1n) is 9.69. The van der Waals surface area contributed by atoms with Crippen molar-refractivity contribution in [2.45, 2.75) is 26.2 Å². The third kappa shape index (κ3) is 4.76. The Morgan fingerprint density at radius 3 is 2.33 bits per heavy atom. The van der Waals surface area contributed by atoms with Gasteiger partial charge in [0.1, 0.15) is 5.82 Å². The van der Waals surface area contributed by atoms with Crippen molar-refractivity contribution in [1.82, 2.24) is 4.98 Å². The number of hydrogen-bond acceptors (Lipinski definition) is 3. The van der Waals surface area contributed by atoms with Crippen LogP contribution in [0.3, 0.4) is 0 Å². The molecule has 4 nitrogen and oxygen atoms in total. The molecule has 154 valence electrons. The summed E-state index contributed by atoms with van der Waals surface area (Å²) in [5.41, 5.74) is 2.53. The molecule has 0 saturated carbocycles. The first-order chi connectivity index (χ1) is 14.4. The zero-order valence-electron chi connectivity index (χ0n) is 16.9. The lowest BCUT2D eigenvalue weighted by atomic mass is 9.99. The average molecular weight is 408 g/mol. The second-order valence-corrected chi connectivity index (χ2v) is 6.93. The lowest BCUT2D eigenvalue weighted by molar-refractivity contribution is -0.118. The fourth-order valence-corrected chi connectivity index (χ4v) is 3.18. The standard InChI is InChI=1S/C24H22F2N2O2/c1-3-23(30)28(2)21-12-10-19(15-20(21)25)16-6-8-17(9-7-16)22(29)13-11-18-5-4-14-27-24(18)26/h4-10,12,14-15H,3,11,13H2,1-2H3. The molecular formula is C24H22F2N2O2. The quantitative estimate of drug-likeness (QED) is 0.398. The number of ketones is 1. The molecule has 0 fully saturated rings. The Balaban J connectivity index is 1.71. The Labute approximate surface area is 174 Å². The number of carbonyl (C=O) groups is 2. The smallest absolute Gasteiger partial charge is 0.226 e. The maximum atomic E-state index is 14.5. The largest absolute Gasteiger partial charge is 0.313 e. The van der Waals surface area contributed by atoms with Crippen molar-refractivity contribution in [2.75, 3.05) is 11.9 Å². The monoisotopic (exact) mass is 408 g/mol. The molecule has 0 aliphatic carbocycles. The van der Waals surface area contributed by atoms with Crippen molar-refractivity contribution in [1.29, 1.82) is 0 Å². The van der Waals surface area contributed by atoms with Crippen LogP contribution in [0.25, 0.3) is 11.1 Å². The van der Waals surface area contributed by atoms with Gasteiger partial charge < -0.3 is 4.90 Å². The molecule has 3 aromatic rings. The van der Waals surface area contributed by atoms with Gasteiger partial charge in [-0.15, -0.1) is 0 Å². The van der Waals surface area contributed by atoms with Crippen LogP contribution >= 0.6 is 0 Å². The normalized spacial score (nSPS) is 10.7. The van der Waals surface area contributed by atoms with E-state index in [2.05, 4.69) is 4.98 Å². The first kappa shape index (κ1) is 21.3. The molecule has 30 heavy (non-hydrogen) atoms. The van der Waals surface area contributed by atoms with Crippen molar-refractivity contribution in [3.8, 4) is 11.1 Å². The Hall–Kier alpha value is -3.41. The molecule has 0 aliphatic rings. The lowest BCUT2D eigenvalue weighted by Gasteiger charge is -2.17. The van der Waals surface area contributed by atoms with Gasteiger partial charge in [0.15, 0.2) is 5.78 Å². The Morgan fingerprint density at radius 2 is 1.70 bits per heavy atom. The van der Waals surface area contributed by atoms with Gasteiger partial charge in [-0.1, -0.05) is 43.3 Å². The van der Waals surface area contributed by atoms with E-state index in [1.54, 1.807) is 62.5 Å². The number of Topliss-reactive ketones (excluding diaryl/α,β-unsaturated/α-hetero) is 1. The van der Waals surface area contributed by atoms with E-state index in [-0.39, 0.29) is 30.2 Å². The molecule has 0 aliphatic heterocycles. The van der Waals surface area contributed by atoms with Crippen molar-refractivity contribution in [3.63, 3.8) is 0 Å². The summed E-state index contributed by atoms with van der Waals surface area (Å²) < 4.78 is 28.1. The van der Waals surface area contributed by atoms with Crippen LogP contribution < -0.4 is 4.90 Å². The number of hydrogen-bond donors (Lipinski definition) is 0. The second-order valence-electron chi connectivity index (χ2n) is 6.93. The molecule has 1 amide bonds. The summed E-state index contributed by atoms with van der Waals surface area (Å²) in [5.74, 6) is -1.32. The first-order valence-corrected chi connectivity index (χ1v) is 9.69. The second kappa shape index (κ2) is 9.39. The van der Waals surface area contributed by atoms with E-state index >= 15 is 0 Å². The molecule has 0 N–H and O–H groups in total. The predicted octanol–water partition coefficient (Wildman–Crippen LogP) is 5.22. The number of carbonyl (C=O) groups excluding carboxylic acids is 2. The lowest BCUT2D eigenvalue weighted by Crippen LogP contribution is -2.25. The molecule has 0 atom stereocenters. The van der Waals surface area contributed by atoms with Crippen LogP contribution in [0.4, 0.5) is 14.5 Å². The molecular weight excluding hydrogens is 386 g/mol. The highest BCUT2D eigenvalue weighted by molar-refractivity contribution is 5.96. The van der Waals surface area contributed by atoms with Crippen molar-refractivity contribution in [3.05, 3.63) is 83.7 Å². The maximum Gasteiger partial charge on any atom is 0.226 e. The van der Waals surface area contributed by atoms with Crippen LogP contribution in [-0.2, 0) is 11.2 Å². The number of amides is 1. The van der Waals surface area contributed by atoms with Gasteiger partial charge in [-0.25, -0.2) is 9.37 Å². The van der Waals surface area contributed by atoms with E-state index in [1.807, 2.05) is 0 Å². The fraction of sp³-hybridized carbons (Fsp3) is 0.208. The Kier molecular flexibility index (Phi) is 6.67. The van der Waals surface area contributed by atoms with Gasteiger partial charge in [-0.2, -0.15) is 4.39 Å². The minimum Gasteiger partial charge on any atom is -0.313 e. The summed E-state index contributed by atoms with van der Waals surface area (Å²) in [6.45, 7) is 1.72. The zero-order chi connectivity index (χ0) is 21.7. The topological polar surface area (TPSA) is 50.3 Å². The minimum absolute atomic E-state index is 0.106. The molecule has 1 heterocycles. The highest BCUT2D eigenvalue weighted by atomic mass is 19.1. The van der Waals surface area contributed by atoms with Gasteiger partial charge in [-0.3, -0.25) is 9.59 Å². The molecule has 1 aromatic heterocycles. The van der Waals surface area contributed by atoms with Gasteiger partial charge in [0, 0.05) is 37.2 Å². The third-order valence-corrected chi connectivity index (χ3v) is 4.98. The van der Waals surface area contributed by atoms with Crippen LogP contribution in [0.15, 0.2) is 60.8 Å². The highest BCUT2D eigenvalue weighted by Gasteiger charge is 2.14. The average Bonchev–Trinajstić information content (AvgIpc) is 2.77. The molecule has 2 aromatic carbocycles. The number of halogens is 2. The molecule has 0 radical (unpaired) electrons. The number of aromatic nitrogens is 1. The van der Waals surface area contributed by atoms with Gasteiger partial charge in [0.05, 0.1) is 5.69 Å². The van der Waals surface area contributed by atoms with E-state index in [0.717, 1.165) is 5.56 Å². The number of benzene rings is 2. The number of aryl methyl sites for hydroxylation is 1. The SMILES string of the molecule is CCC(=O)N(C)c1ccc(-c2ccc(C(=O)CCc3cccnc3F)cc2)cc1F. The van der Waals surface area contributed by atoms with Crippen LogP contribution in [0.5, 0.6) is 0 Å². The van der Waals surface area contributed by atoms with Crippen LogP contribution in [0.2, 0.25) is 0 Å². The molecule has 0 unspecified atom stereocenters. The minimum atomic E-state index is -0.558. The predicted molar refractivity (Wildman–Crippen MR) is 112 cm³/mol. The number of rotatable bonds is 7. The highest BCUT2D eigenvalue weighted by Crippen LogP contribution is 2.27. The van der Waals surface area contributed by atoms with Crippen LogP contribution in [-0.4, -0.2) is 23.7 Å². The summed E-state index contributed by atoms with van der Waals surface area (Å²) in [6, 6.07) is 14.8. The summed E-state index contributed by atoms with van der Waals surface area (Å²) in [7, 11) is 1.54. The maximum absolute atomic E-state index is 14.5. The van der Waals surface area contributed by atoms with Crippen molar-refractivity contribution < 1.29 is 18.4 Å². The number of anilines is 1.